The highest BCUT2D eigenvalue weighted by atomic mass is 35.5. The van der Waals surface area contributed by atoms with Gasteiger partial charge < -0.3 is 20.3 Å². The fourth-order valence-electron chi connectivity index (χ4n) is 10.1. The minimum atomic E-state index is -0.634. The van der Waals surface area contributed by atoms with Gasteiger partial charge in [0.05, 0.1) is 46.1 Å². The van der Waals surface area contributed by atoms with Gasteiger partial charge in [0.1, 0.15) is 40.8 Å². The number of carbonyl (C=O) groups excluding carboxylic acids is 3. The number of thiazole rings is 1. The summed E-state index contributed by atoms with van der Waals surface area (Å²) in [6.45, 7) is 16.7. The lowest BCUT2D eigenvalue weighted by molar-refractivity contribution is -0.142. The second kappa shape index (κ2) is 20.2. The minimum absolute atomic E-state index is 0.0616. The van der Waals surface area contributed by atoms with Crippen LogP contribution in [0, 0.1) is 39.5 Å². The lowest BCUT2D eigenvalue weighted by Crippen LogP contribution is -2.49. The number of carbonyl (C=O) groups is 3. The van der Waals surface area contributed by atoms with Gasteiger partial charge in [-0.1, -0.05) is 68.8 Å². The summed E-state index contributed by atoms with van der Waals surface area (Å²) in [4.78, 5) is 60.6. The van der Waals surface area contributed by atoms with Crippen LogP contribution in [0.2, 0.25) is 5.02 Å². The Morgan fingerprint density at radius 1 is 0.917 bits per heavy atom. The van der Waals surface area contributed by atoms with E-state index in [9.17, 15) is 14.4 Å². The van der Waals surface area contributed by atoms with Crippen LogP contribution >= 0.6 is 34.3 Å². The number of benzene rings is 2. The monoisotopic (exact) mass is 1020 g/mol. The molecule has 0 unspecified atom stereocenters. The molecule has 15 nitrogen and oxygen atoms in total. The summed E-state index contributed by atoms with van der Waals surface area (Å²) in [5.74, 6) is 1.65. The molecule has 3 aliphatic rings. The number of aryl methyl sites for hydroxylation is 3. The van der Waals surface area contributed by atoms with E-state index in [1.165, 1.54) is 4.88 Å². The molecule has 3 amide bonds. The SMILES string of the molecule is Cc1ncsc1-c1ccc([C@H](C)NC(=O)[C@@H]2C[C@@H](C)CN2C(=O)[C@H](C(C)C)n2cc(-c3cc(O[C@H]4C[C@H](NC(=O)C[C@@H]5N=C(c6ccc(Cl)cc6)c6c(sc(C)c6C)-n6c(C)nnc65)C4)ccn3)cn2)cc1. The first kappa shape index (κ1) is 49.0. The van der Waals surface area contributed by atoms with E-state index in [4.69, 9.17) is 26.4 Å². The van der Waals surface area contributed by atoms with Crippen LogP contribution < -0.4 is 15.4 Å². The van der Waals surface area contributed by atoms with E-state index in [0.29, 0.717) is 48.1 Å². The first-order valence-corrected chi connectivity index (χ1v) is 26.6. The summed E-state index contributed by atoms with van der Waals surface area (Å²) in [7, 11) is 0. The Hall–Kier alpha value is -6.56. The molecule has 0 bridgehead atoms. The van der Waals surface area contributed by atoms with Gasteiger partial charge in [-0.15, -0.1) is 32.9 Å². The van der Waals surface area contributed by atoms with Crippen molar-refractivity contribution in [3.8, 4) is 32.4 Å². The molecule has 5 aromatic heterocycles. The molecule has 2 fully saturated rings. The number of ether oxygens (including phenoxy) is 1. The number of hydrogen-bond acceptors (Lipinski definition) is 12. The summed E-state index contributed by atoms with van der Waals surface area (Å²) >= 11 is 9.58. The Balaban J connectivity index is 0.762. The largest absolute Gasteiger partial charge is 0.490 e. The Morgan fingerprint density at radius 3 is 2.39 bits per heavy atom. The molecule has 1 saturated heterocycles. The lowest BCUT2D eigenvalue weighted by atomic mass is 9.89. The number of likely N-dealkylation sites (tertiary alicyclic amines) is 1. The number of pyridine rings is 1. The number of aliphatic imine (C=N–C) groups is 1. The van der Waals surface area contributed by atoms with Crippen LogP contribution in [0.3, 0.4) is 0 Å². The normalized spacial score (nSPS) is 20.2. The van der Waals surface area contributed by atoms with Gasteiger partial charge >= 0.3 is 0 Å². The molecule has 1 saturated carbocycles. The number of rotatable bonds is 14. The molecular weight excluding hydrogens is 966 g/mol. The number of thiophene rings is 1. The molecule has 10 rings (SSSR count). The molecule has 5 atom stereocenters. The first-order chi connectivity index (χ1) is 34.6. The fourth-order valence-corrected chi connectivity index (χ4v) is 12.3. The van der Waals surface area contributed by atoms with Gasteiger partial charge in [0.25, 0.3) is 0 Å². The van der Waals surface area contributed by atoms with Gasteiger partial charge in [-0.2, -0.15) is 5.10 Å². The first-order valence-electron chi connectivity index (χ1n) is 24.5. The van der Waals surface area contributed by atoms with Gasteiger partial charge in [0.15, 0.2) is 5.82 Å². The molecule has 18 heteroatoms. The number of hydrogen-bond donors (Lipinski definition) is 2. The van der Waals surface area contributed by atoms with E-state index in [0.717, 1.165) is 60.5 Å². The smallest absolute Gasteiger partial charge is 0.248 e. The second-order valence-electron chi connectivity index (χ2n) is 19.8. The van der Waals surface area contributed by atoms with E-state index in [2.05, 4.69) is 68.3 Å². The highest BCUT2D eigenvalue weighted by Gasteiger charge is 2.42. The van der Waals surface area contributed by atoms with Crippen molar-refractivity contribution in [1.82, 2.24) is 50.0 Å². The number of nitrogens with one attached hydrogen (secondary N) is 2. The molecule has 2 aliphatic heterocycles. The van der Waals surface area contributed by atoms with Crippen LogP contribution in [0.15, 0.2) is 89.8 Å². The molecule has 7 aromatic rings. The molecular formula is C54H58ClN11O4S2. The van der Waals surface area contributed by atoms with Crippen LogP contribution in [0.1, 0.15) is 116 Å². The van der Waals surface area contributed by atoms with Crippen molar-refractivity contribution in [2.45, 2.75) is 117 Å². The van der Waals surface area contributed by atoms with Crippen molar-refractivity contribution in [3.05, 3.63) is 134 Å². The summed E-state index contributed by atoms with van der Waals surface area (Å²) in [6.07, 6.45) is 7.12. The third kappa shape index (κ3) is 9.73. The summed E-state index contributed by atoms with van der Waals surface area (Å²) in [5.41, 5.74) is 10.2. The van der Waals surface area contributed by atoms with Crippen molar-refractivity contribution in [1.29, 1.82) is 0 Å². The highest BCUT2D eigenvalue weighted by molar-refractivity contribution is 7.15. The second-order valence-corrected chi connectivity index (χ2v) is 22.3. The third-order valence-corrected chi connectivity index (χ3v) is 16.6. The predicted octanol–water partition coefficient (Wildman–Crippen LogP) is 9.92. The van der Waals surface area contributed by atoms with Crippen molar-refractivity contribution in [2.24, 2.45) is 16.8 Å². The van der Waals surface area contributed by atoms with Gasteiger partial charge in [-0.05, 0) is 87.8 Å². The van der Waals surface area contributed by atoms with Gasteiger partial charge in [-0.25, -0.2) is 4.98 Å². The molecule has 72 heavy (non-hydrogen) atoms. The molecule has 372 valence electrons. The number of halogens is 1. The number of fused-ring (bicyclic) bond motifs is 3. The van der Waals surface area contributed by atoms with Crippen LogP contribution in [-0.4, -0.2) is 87.6 Å². The molecule has 0 spiro atoms. The van der Waals surface area contributed by atoms with Crippen LogP contribution in [0.25, 0.3) is 26.7 Å². The van der Waals surface area contributed by atoms with E-state index in [1.807, 2.05) is 94.9 Å². The molecule has 2 aromatic carbocycles. The topological polar surface area (TPSA) is 174 Å². The Kier molecular flexibility index (Phi) is 13.7. The highest BCUT2D eigenvalue weighted by Crippen LogP contribution is 2.40. The zero-order chi connectivity index (χ0) is 50.5. The number of amides is 3. The summed E-state index contributed by atoms with van der Waals surface area (Å²) in [6, 6.07) is 17.5. The van der Waals surface area contributed by atoms with Gasteiger partial charge in [-0.3, -0.25) is 33.6 Å². The maximum atomic E-state index is 14.5. The standard InChI is InChI=1S/C54H58ClN11O4S2/c1-28(2)49(53(69)64-25-29(3)19-45(64)52(68)59-31(5)35-9-11-37(12-10-35)50-32(6)57-27-71-50)65-26-38(24-58-65)43-22-41(17-18-56-43)70-42-20-40(21-42)60-46(67)23-44-51-63-62-34(8)66(51)54-47(30(4)33(7)72-54)48(61-44)36-13-15-39(55)16-14-36/h9-18,22,24,26-29,31,40,42,44-45,49H,19-21,23,25H2,1-8H3,(H,59,68)(H,60,67)/t29-,31+,40-,42-,44+,45+,49+/m1/s1. The van der Waals surface area contributed by atoms with Crippen LogP contribution in [-0.2, 0) is 14.4 Å². The Bertz CT molecular complexity index is 3190. The van der Waals surface area contributed by atoms with Crippen molar-refractivity contribution < 1.29 is 19.1 Å². The summed E-state index contributed by atoms with van der Waals surface area (Å²) in [5, 5.41) is 21.7. The van der Waals surface area contributed by atoms with Gasteiger partial charge in [0.2, 0.25) is 17.7 Å². The van der Waals surface area contributed by atoms with E-state index >= 15 is 0 Å². The zero-order valence-corrected chi connectivity index (χ0v) is 44.0. The average Bonchev–Trinajstić information content (AvgIpc) is 4.19. The number of aromatic nitrogens is 7. The zero-order valence-electron chi connectivity index (χ0n) is 41.6. The van der Waals surface area contributed by atoms with E-state index in [1.54, 1.807) is 44.6 Å². The minimum Gasteiger partial charge on any atom is -0.490 e. The molecule has 2 N–H and O–H groups in total. The van der Waals surface area contributed by atoms with E-state index < -0.39 is 18.1 Å². The molecule has 1 aliphatic carbocycles. The van der Waals surface area contributed by atoms with Crippen molar-refractivity contribution >= 4 is 57.7 Å². The van der Waals surface area contributed by atoms with Crippen molar-refractivity contribution in [2.75, 3.05) is 6.54 Å². The van der Waals surface area contributed by atoms with Crippen molar-refractivity contribution in [3.63, 3.8) is 0 Å². The quantitative estimate of drug-likeness (QED) is 0.107. The number of nitrogens with zero attached hydrogens (tertiary/aromatic N) is 9. The fraction of sp³-hybridized carbons (Fsp3) is 0.389. The lowest BCUT2D eigenvalue weighted by Gasteiger charge is -2.36. The molecule has 7 heterocycles. The Labute approximate surface area is 432 Å². The third-order valence-electron chi connectivity index (χ3n) is 14.2. The van der Waals surface area contributed by atoms with E-state index in [-0.39, 0.29) is 54.2 Å². The average molecular weight is 1020 g/mol. The van der Waals surface area contributed by atoms with Gasteiger partial charge in [0, 0.05) is 70.5 Å². The Morgan fingerprint density at radius 2 is 1.67 bits per heavy atom. The predicted molar refractivity (Wildman–Crippen MR) is 281 cm³/mol. The molecule has 0 radical (unpaired) electrons. The summed E-state index contributed by atoms with van der Waals surface area (Å²) < 4.78 is 10.2. The van der Waals surface area contributed by atoms with Crippen LogP contribution in [0.4, 0.5) is 0 Å². The maximum Gasteiger partial charge on any atom is 0.248 e. The maximum absolute atomic E-state index is 14.5. The van der Waals surface area contributed by atoms with Crippen LogP contribution in [0.5, 0.6) is 5.75 Å².